The van der Waals surface area contributed by atoms with E-state index < -0.39 is 5.97 Å². The number of ether oxygens (including phenoxy) is 1. The molecule has 1 aliphatic heterocycles. The minimum atomic E-state index is -0.630. The summed E-state index contributed by atoms with van der Waals surface area (Å²) in [6, 6.07) is 12.5. The van der Waals surface area contributed by atoms with Crippen LogP contribution in [0, 0.1) is 0 Å². The van der Waals surface area contributed by atoms with E-state index in [0.29, 0.717) is 17.1 Å². The third-order valence-corrected chi connectivity index (χ3v) is 3.98. The number of pyridine rings is 1. The van der Waals surface area contributed by atoms with Gasteiger partial charge in [-0.25, -0.2) is 9.80 Å². The highest BCUT2D eigenvalue weighted by molar-refractivity contribution is 6.37. The summed E-state index contributed by atoms with van der Waals surface area (Å²) in [7, 11) is 0. The molecule has 0 saturated carbocycles. The van der Waals surface area contributed by atoms with E-state index in [1.54, 1.807) is 48.8 Å². The van der Waals surface area contributed by atoms with E-state index in [9.17, 15) is 9.59 Å². The normalized spacial score (nSPS) is 13.9. The van der Waals surface area contributed by atoms with Crippen molar-refractivity contribution >= 4 is 23.3 Å². The molecular formula is C19H15N5O4. The lowest BCUT2D eigenvalue weighted by Crippen LogP contribution is -2.34. The summed E-state index contributed by atoms with van der Waals surface area (Å²) in [5, 5.41) is 9.20. The third-order valence-electron chi connectivity index (χ3n) is 3.98. The molecule has 140 valence electrons. The Morgan fingerprint density at radius 3 is 2.79 bits per heavy atom. The lowest BCUT2D eigenvalue weighted by molar-refractivity contribution is -0.137. The zero-order valence-corrected chi connectivity index (χ0v) is 14.7. The van der Waals surface area contributed by atoms with Gasteiger partial charge in [0.2, 0.25) is 11.7 Å². The predicted molar refractivity (Wildman–Crippen MR) is 97.9 cm³/mol. The lowest BCUT2D eigenvalue weighted by atomic mass is 10.1. The van der Waals surface area contributed by atoms with Crippen molar-refractivity contribution in [3.63, 3.8) is 0 Å². The van der Waals surface area contributed by atoms with Crippen LogP contribution in [0.25, 0.3) is 11.4 Å². The molecule has 9 heteroatoms. The first-order valence-corrected chi connectivity index (χ1v) is 8.56. The van der Waals surface area contributed by atoms with Gasteiger partial charge in [-0.05, 0) is 24.3 Å². The molecule has 1 amide bonds. The van der Waals surface area contributed by atoms with Crippen molar-refractivity contribution in [2.24, 2.45) is 5.10 Å². The van der Waals surface area contributed by atoms with Crippen molar-refractivity contribution in [2.45, 2.75) is 19.4 Å². The highest BCUT2D eigenvalue weighted by atomic mass is 16.6. The first-order valence-electron chi connectivity index (χ1n) is 8.56. The molecule has 3 heterocycles. The van der Waals surface area contributed by atoms with Gasteiger partial charge in [0, 0.05) is 30.8 Å². The Labute approximate surface area is 159 Å². The Morgan fingerprint density at radius 2 is 2.00 bits per heavy atom. The molecule has 0 radical (unpaired) electrons. The highest BCUT2D eigenvalue weighted by Crippen LogP contribution is 2.20. The molecule has 0 N–H and O–H groups in total. The molecule has 1 aromatic carbocycles. The Kier molecular flexibility index (Phi) is 4.87. The fraction of sp³-hybridized carbons (Fsp3) is 0.158. The number of nitrogens with zero attached hydrogens (tertiary/aromatic N) is 5. The molecular weight excluding hydrogens is 362 g/mol. The molecule has 0 bridgehead atoms. The number of hydrazone groups is 1. The number of aromatic nitrogens is 3. The molecule has 0 unspecified atom stereocenters. The van der Waals surface area contributed by atoms with Crippen LogP contribution in [0.3, 0.4) is 0 Å². The van der Waals surface area contributed by atoms with Crippen LogP contribution in [0.5, 0.6) is 0 Å². The molecule has 0 aliphatic carbocycles. The van der Waals surface area contributed by atoms with Crippen molar-refractivity contribution < 1.29 is 18.8 Å². The number of benzene rings is 1. The zero-order valence-electron chi connectivity index (χ0n) is 14.7. The standard InChI is InChI=1S/C19H15N5O4/c25-17-9-8-15(22-24(17)14-6-2-1-3-7-14)19(26)27-12-16-21-18(23-28-16)13-5-4-10-20-11-13/h1-7,10-11H,8-9,12H2. The van der Waals surface area contributed by atoms with Gasteiger partial charge in [-0.1, -0.05) is 23.4 Å². The number of carbonyl (C=O) groups excluding carboxylic acids is 2. The van der Waals surface area contributed by atoms with Gasteiger partial charge in [0.05, 0.1) is 5.69 Å². The zero-order chi connectivity index (χ0) is 19.3. The van der Waals surface area contributed by atoms with Crippen LogP contribution in [0.2, 0.25) is 0 Å². The van der Waals surface area contributed by atoms with Crippen molar-refractivity contribution in [3.05, 3.63) is 60.7 Å². The smallest absolute Gasteiger partial charge is 0.355 e. The summed E-state index contributed by atoms with van der Waals surface area (Å²) in [6.07, 6.45) is 3.63. The van der Waals surface area contributed by atoms with Crippen LogP contribution in [0.4, 0.5) is 5.69 Å². The number of anilines is 1. The largest absolute Gasteiger partial charge is 0.451 e. The first-order chi connectivity index (χ1) is 13.7. The molecule has 0 saturated heterocycles. The lowest BCUT2D eigenvalue weighted by Gasteiger charge is -2.22. The minimum absolute atomic E-state index is 0.152. The Bertz CT molecular complexity index is 1020. The fourth-order valence-electron chi connectivity index (χ4n) is 2.61. The number of hydrogen-bond donors (Lipinski definition) is 0. The van der Waals surface area contributed by atoms with E-state index in [0.717, 1.165) is 0 Å². The fourth-order valence-corrected chi connectivity index (χ4v) is 2.61. The average Bonchev–Trinajstić information content (AvgIpc) is 3.23. The van der Waals surface area contributed by atoms with Gasteiger partial charge >= 0.3 is 5.97 Å². The third kappa shape index (κ3) is 3.78. The Hall–Kier alpha value is -3.88. The van der Waals surface area contributed by atoms with Crippen LogP contribution in [0.1, 0.15) is 18.7 Å². The van der Waals surface area contributed by atoms with E-state index >= 15 is 0 Å². The van der Waals surface area contributed by atoms with E-state index in [-0.39, 0.29) is 37.0 Å². The van der Waals surface area contributed by atoms with Crippen LogP contribution < -0.4 is 5.01 Å². The molecule has 1 aliphatic rings. The second kappa shape index (κ2) is 7.78. The van der Waals surface area contributed by atoms with Crippen LogP contribution >= 0.6 is 0 Å². The summed E-state index contributed by atoms with van der Waals surface area (Å²) < 4.78 is 10.3. The molecule has 28 heavy (non-hydrogen) atoms. The number of para-hydroxylation sites is 1. The number of carbonyl (C=O) groups is 2. The van der Waals surface area contributed by atoms with Crippen molar-refractivity contribution in [3.8, 4) is 11.4 Å². The summed E-state index contributed by atoms with van der Waals surface area (Å²) in [4.78, 5) is 32.6. The van der Waals surface area contributed by atoms with Gasteiger partial charge in [-0.15, -0.1) is 0 Å². The molecule has 0 atom stereocenters. The molecule has 0 fully saturated rings. The van der Waals surface area contributed by atoms with Gasteiger partial charge in [0.25, 0.3) is 5.89 Å². The number of hydrogen-bond acceptors (Lipinski definition) is 8. The van der Waals surface area contributed by atoms with Crippen LogP contribution in [-0.2, 0) is 20.9 Å². The van der Waals surface area contributed by atoms with Gasteiger partial charge < -0.3 is 9.26 Å². The second-order valence-corrected chi connectivity index (χ2v) is 5.92. The molecule has 4 rings (SSSR count). The van der Waals surface area contributed by atoms with Crippen molar-refractivity contribution in [1.82, 2.24) is 15.1 Å². The van der Waals surface area contributed by atoms with Crippen molar-refractivity contribution in [1.29, 1.82) is 0 Å². The van der Waals surface area contributed by atoms with Gasteiger partial charge in [-0.3, -0.25) is 9.78 Å². The molecule has 9 nitrogen and oxygen atoms in total. The molecule has 0 spiro atoms. The maximum atomic E-state index is 12.3. The van der Waals surface area contributed by atoms with Crippen LogP contribution in [0.15, 0.2) is 64.5 Å². The van der Waals surface area contributed by atoms with E-state index in [2.05, 4.69) is 20.2 Å². The number of esters is 1. The summed E-state index contributed by atoms with van der Waals surface area (Å²) in [6.45, 7) is -0.190. The average molecular weight is 377 g/mol. The van der Waals surface area contributed by atoms with Crippen LogP contribution in [-0.4, -0.2) is 32.7 Å². The summed E-state index contributed by atoms with van der Waals surface area (Å²) in [5.41, 5.74) is 1.45. The van der Waals surface area contributed by atoms with Gasteiger partial charge in [0.15, 0.2) is 6.61 Å². The van der Waals surface area contributed by atoms with E-state index in [1.165, 1.54) is 5.01 Å². The van der Waals surface area contributed by atoms with E-state index in [1.807, 2.05) is 6.07 Å². The summed E-state index contributed by atoms with van der Waals surface area (Å²) >= 11 is 0. The SMILES string of the molecule is O=C(OCc1nc(-c2cccnc2)no1)C1=NN(c2ccccc2)C(=O)CC1. The quantitative estimate of drug-likeness (QED) is 0.628. The van der Waals surface area contributed by atoms with Gasteiger partial charge in [-0.2, -0.15) is 10.1 Å². The van der Waals surface area contributed by atoms with E-state index in [4.69, 9.17) is 9.26 Å². The summed E-state index contributed by atoms with van der Waals surface area (Å²) in [5.74, 6) is -0.301. The maximum Gasteiger partial charge on any atom is 0.355 e. The first kappa shape index (κ1) is 17.5. The Balaban J connectivity index is 1.42. The highest BCUT2D eigenvalue weighted by Gasteiger charge is 2.26. The molecule has 2 aromatic heterocycles. The monoisotopic (exact) mass is 377 g/mol. The molecule has 3 aromatic rings. The topological polar surface area (TPSA) is 111 Å². The second-order valence-electron chi connectivity index (χ2n) is 5.92. The number of rotatable bonds is 5. The van der Waals surface area contributed by atoms with Crippen molar-refractivity contribution in [2.75, 3.05) is 5.01 Å². The van der Waals surface area contributed by atoms with Gasteiger partial charge in [0.1, 0.15) is 5.71 Å². The predicted octanol–water partition coefficient (Wildman–Crippen LogP) is 2.36. The maximum absolute atomic E-state index is 12.3. The Morgan fingerprint density at radius 1 is 1.14 bits per heavy atom. The minimum Gasteiger partial charge on any atom is -0.451 e. The number of amides is 1.